The maximum absolute atomic E-state index is 13.2. The lowest BCUT2D eigenvalue weighted by Crippen LogP contribution is -2.35. The molecule has 32 heavy (non-hydrogen) atoms. The summed E-state index contributed by atoms with van der Waals surface area (Å²) in [7, 11) is 1.84. The molecule has 4 aromatic rings. The Morgan fingerprint density at radius 1 is 0.906 bits per heavy atom. The van der Waals surface area contributed by atoms with Gasteiger partial charge < -0.3 is 9.88 Å². The number of hydrogen-bond donors (Lipinski definition) is 1. The molecule has 5 nitrogen and oxygen atoms in total. The third kappa shape index (κ3) is 4.89. The van der Waals surface area contributed by atoms with Crippen molar-refractivity contribution in [2.24, 2.45) is 7.05 Å². The predicted octanol–water partition coefficient (Wildman–Crippen LogP) is 5.01. The van der Waals surface area contributed by atoms with E-state index in [0.29, 0.717) is 11.0 Å². The number of carbonyl (C=O) groups excluding carboxylic acids is 1. The van der Waals surface area contributed by atoms with E-state index in [-0.39, 0.29) is 17.8 Å². The number of halogens is 1. The molecular weight excluding hydrogens is 423 g/mol. The van der Waals surface area contributed by atoms with Gasteiger partial charge in [-0.2, -0.15) is 0 Å². The fourth-order valence-corrected chi connectivity index (χ4v) is 4.21. The highest BCUT2D eigenvalue weighted by Crippen LogP contribution is 2.27. The van der Waals surface area contributed by atoms with Crippen molar-refractivity contribution in [1.29, 1.82) is 0 Å². The van der Waals surface area contributed by atoms with Crippen molar-refractivity contribution in [2.75, 3.05) is 0 Å². The molecule has 1 atom stereocenters. The standard InChI is InChI=1S/C25H23FN4OS/c1-17(32-25-29-28-23(30(25)2)20-13-15-21(26)16-14-20)24(31)27-22(18-9-5-3-6-10-18)19-11-7-4-8-12-19/h3-17,22H,1-2H3,(H,27,31). The summed E-state index contributed by atoms with van der Waals surface area (Å²) in [5, 5.41) is 11.9. The van der Waals surface area contributed by atoms with E-state index in [2.05, 4.69) is 15.5 Å². The molecule has 0 aliphatic heterocycles. The minimum atomic E-state index is -0.395. The van der Waals surface area contributed by atoms with Crippen LogP contribution in [0.2, 0.25) is 0 Å². The number of hydrogen-bond acceptors (Lipinski definition) is 4. The molecule has 7 heteroatoms. The van der Waals surface area contributed by atoms with E-state index in [4.69, 9.17) is 0 Å². The molecule has 0 aliphatic carbocycles. The molecule has 1 unspecified atom stereocenters. The van der Waals surface area contributed by atoms with Crippen LogP contribution in [0.25, 0.3) is 11.4 Å². The Balaban J connectivity index is 1.50. The molecule has 0 spiro atoms. The van der Waals surface area contributed by atoms with Crippen LogP contribution in [0.4, 0.5) is 4.39 Å². The lowest BCUT2D eigenvalue weighted by atomic mass is 9.98. The van der Waals surface area contributed by atoms with Gasteiger partial charge in [0.05, 0.1) is 11.3 Å². The van der Waals surface area contributed by atoms with Crippen molar-refractivity contribution in [3.8, 4) is 11.4 Å². The van der Waals surface area contributed by atoms with Crippen LogP contribution in [-0.4, -0.2) is 25.9 Å². The Hall–Kier alpha value is -3.45. The van der Waals surface area contributed by atoms with Gasteiger partial charge >= 0.3 is 0 Å². The highest BCUT2D eigenvalue weighted by atomic mass is 32.2. The second-order valence-corrected chi connectivity index (χ2v) is 8.70. The number of benzene rings is 3. The van der Waals surface area contributed by atoms with Gasteiger partial charge in [0.1, 0.15) is 5.82 Å². The first-order chi connectivity index (χ1) is 15.5. The topological polar surface area (TPSA) is 59.8 Å². The summed E-state index contributed by atoms with van der Waals surface area (Å²) in [6.45, 7) is 1.85. The van der Waals surface area contributed by atoms with Crippen LogP contribution < -0.4 is 5.32 Å². The SMILES string of the molecule is CC(Sc1nnc(-c2ccc(F)cc2)n1C)C(=O)NC(c1ccccc1)c1ccccc1. The van der Waals surface area contributed by atoms with Crippen molar-refractivity contribution in [3.05, 3.63) is 102 Å². The van der Waals surface area contributed by atoms with E-state index in [1.54, 1.807) is 12.1 Å². The average molecular weight is 447 g/mol. The molecule has 0 aliphatic rings. The molecular formula is C25H23FN4OS. The van der Waals surface area contributed by atoms with Crippen LogP contribution in [0.15, 0.2) is 90.1 Å². The third-order valence-electron chi connectivity index (χ3n) is 5.14. The highest BCUT2D eigenvalue weighted by Gasteiger charge is 2.23. The molecule has 0 fully saturated rings. The van der Waals surface area contributed by atoms with Crippen molar-refractivity contribution >= 4 is 17.7 Å². The first-order valence-electron chi connectivity index (χ1n) is 10.2. The van der Waals surface area contributed by atoms with Gasteiger partial charge in [0.15, 0.2) is 11.0 Å². The van der Waals surface area contributed by atoms with Crippen LogP contribution in [0.5, 0.6) is 0 Å². The fourth-order valence-electron chi connectivity index (χ4n) is 3.39. The molecule has 0 saturated heterocycles. The van der Waals surface area contributed by atoms with Crippen LogP contribution in [0.3, 0.4) is 0 Å². The zero-order chi connectivity index (χ0) is 22.5. The summed E-state index contributed by atoms with van der Waals surface area (Å²) in [4.78, 5) is 13.1. The third-order valence-corrected chi connectivity index (χ3v) is 6.28. The molecule has 1 N–H and O–H groups in total. The van der Waals surface area contributed by atoms with Crippen molar-refractivity contribution in [3.63, 3.8) is 0 Å². The van der Waals surface area contributed by atoms with Gasteiger partial charge in [-0.1, -0.05) is 72.4 Å². The zero-order valence-electron chi connectivity index (χ0n) is 17.8. The number of amides is 1. The summed E-state index contributed by atoms with van der Waals surface area (Å²) >= 11 is 1.33. The summed E-state index contributed by atoms with van der Waals surface area (Å²) < 4.78 is 15.0. The minimum Gasteiger partial charge on any atom is -0.344 e. The van der Waals surface area contributed by atoms with Crippen molar-refractivity contribution in [1.82, 2.24) is 20.1 Å². The van der Waals surface area contributed by atoms with Gasteiger partial charge in [-0.05, 0) is 42.3 Å². The second kappa shape index (κ2) is 9.78. The van der Waals surface area contributed by atoms with Gasteiger partial charge in [0.2, 0.25) is 5.91 Å². The molecule has 0 radical (unpaired) electrons. The van der Waals surface area contributed by atoms with E-state index in [0.717, 1.165) is 16.7 Å². The van der Waals surface area contributed by atoms with E-state index in [1.165, 1.54) is 23.9 Å². The van der Waals surface area contributed by atoms with Crippen molar-refractivity contribution in [2.45, 2.75) is 23.4 Å². The number of rotatable bonds is 7. The van der Waals surface area contributed by atoms with Gasteiger partial charge in [-0.15, -0.1) is 10.2 Å². The lowest BCUT2D eigenvalue weighted by Gasteiger charge is -2.22. The highest BCUT2D eigenvalue weighted by molar-refractivity contribution is 8.00. The largest absolute Gasteiger partial charge is 0.344 e. The van der Waals surface area contributed by atoms with Gasteiger partial charge in [0.25, 0.3) is 0 Å². The number of nitrogens with one attached hydrogen (secondary N) is 1. The molecule has 162 valence electrons. The maximum atomic E-state index is 13.2. The molecule has 4 rings (SSSR count). The number of carbonyl (C=O) groups is 1. The van der Waals surface area contributed by atoms with E-state index >= 15 is 0 Å². The molecule has 1 amide bonds. The van der Waals surface area contributed by atoms with Gasteiger partial charge in [-0.3, -0.25) is 4.79 Å². The minimum absolute atomic E-state index is 0.0981. The molecule has 1 aromatic heterocycles. The van der Waals surface area contributed by atoms with Crippen LogP contribution >= 0.6 is 11.8 Å². The Morgan fingerprint density at radius 2 is 1.47 bits per heavy atom. The Bertz CT molecular complexity index is 1140. The van der Waals surface area contributed by atoms with E-state index in [1.807, 2.05) is 79.2 Å². The molecule has 3 aromatic carbocycles. The van der Waals surface area contributed by atoms with Gasteiger partial charge in [-0.25, -0.2) is 4.39 Å². The van der Waals surface area contributed by atoms with Crippen LogP contribution in [0.1, 0.15) is 24.1 Å². The van der Waals surface area contributed by atoms with Crippen LogP contribution in [0, 0.1) is 5.82 Å². The molecule has 1 heterocycles. The number of nitrogens with zero attached hydrogens (tertiary/aromatic N) is 3. The van der Waals surface area contributed by atoms with E-state index < -0.39 is 5.25 Å². The zero-order valence-corrected chi connectivity index (χ0v) is 18.6. The summed E-state index contributed by atoms with van der Waals surface area (Å²) in [5.74, 6) is 0.216. The Labute approximate surface area is 190 Å². The maximum Gasteiger partial charge on any atom is 0.234 e. The first-order valence-corrected chi connectivity index (χ1v) is 11.1. The van der Waals surface area contributed by atoms with Gasteiger partial charge in [0, 0.05) is 12.6 Å². The normalized spacial score (nSPS) is 12.0. The van der Waals surface area contributed by atoms with E-state index in [9.17, 15) is 9.18 Å². The fraction of sp³-hybridized carbons (Fsp3) is 0.160. The summed E-state index contributed by atoms with van der Waals surface area (Å²) in [6, 6.07) is 25.7. The predicted molar refractivity (Wildman–Crippen MR) is 125 cm³/mol. The Kier molecular flexibility index (Phi) is 6.66. The molecule has 0 saturated carbocycles. The second-order valence-electron chi connectivity index (χ2n) is 7.40. The monoisotopic (exact) mass is 446 g/mol. The Morgan fingerprint density at radius 3 is 2.03 bits per heavy atom. The summed E-state index contributed by atoms with van der Waals surface area (Å²) in [6.07, 6.45) is 0. The number of aromatic nitrogens is 3. The first kappa shape index (κ1) is 21.8. The lowest BCUT2D eigenvalue weighted by molar-refractivity contribution is -0.120. The average Bonchev–Trinajstić information content (AvgIpc) is 3.18. The van der Waals surface area contributed by atoms with Crippen molar-refractivity contribution < 1.29 is 9.18 Å². The number of thioether (sulfide) groups is 1. The summed E-state index contributed by atoms with van der Waals surface area (Å²) in [5.41, 5.74) is 2.79. The molecule has 0 bridgehead atoms. The smallest absolute Gasteiger partial charge is 0.234 e. The quantitative estimate of drug-likeness (QED) is 0.406. The van der Waals surface area contributed by atoms with Crippen LogP contribution in [-0.2, 0) is 11.8 Å².